The van der Waals surface area contributed by atoms with Crippen LogP contribution < -0.4 is 0 Å². The summed E-state index contributed by atoms with van der Waals surface area (Å²) in [7, 11) is 3.97. The number of nitrogens with zero attached hydrogens (tertiary/aromatic N) is 1. The summed E-state index contributed by atoms with van der Waals surface area (Å²) in [5, 5.41) is 20.0. The molecule has 0 atom stereocenters. The Morgan fingerprint density at radius 3 is 2.62 bits per heavy atom. The van der Waals surface area contributed by atoms with E-state index >= 15 is 0 Å². The minimum absolute atomic E-state index is 0.173. The molecule has 0 amide bonds. The van der Waals surface area contributed by atoms with Crippen LogP contribution in [0.3, 0.4) is 0 Å². The lowest BCUT2D eigenvalue weighted by Gasteiger charge is -2.08. The van der Waals surface area contributed by atoms with Crippen molar-refractivity contribution in [2.45, 2.75) is 6.42 Å². The summed E-state index contributed by atoms with van der Waals surface area (Å²) < 4.78 is 0. The number of likely N-dealkylation sites (N-methyl/N-ethyl adjacent to an activating group) is 1. The normalized spacial score (nSPS) is 10.7. The third-order valence-electron chi connectivity index (χ3n) is 1.87. The van der Waals surface area contributed by atoms with E-state index in [9.17, 15) is 5.11 Å². The lowest BCUT2D eigenvalue weighted by atomic mass is 10.1. The lowest BCUT2D eigenvalue weighted by Crippen LogP contribution is -2.14. The zero-order valence-corrected chi connectivity index (χ0v) is 7.95. The number of benzene rings is 1. The molecule has 0 aliphatic heterocycles. The molecule has 71 valence electrons. The molecule has 13 heavy (non-hydrogen) atoms. The highest BCUT2D eigenvalue weighted by molar-refractivity contribution is 5.40. The van der Waals surface area contributed by atoms with Crippen LogP contribution in [0, 0.1) is 0 Å². The van der Waals surface area contributed by atoms with Gasteiger partial charge in [-0.1, -0.05) is 6.07 Å². The van der Waals surface area contributed by atoms with Crippen LogP contribution in [0.2, 0.25) is 0 Å². The van der Waals surface area contributed by atoms with Gasteiger partial charge in [0, 0.05) is 6.54 Å². The quantitative estimate of drug-likeness (QED) is 0.768. The van der Waals surface area contributed by atoms with Crippen molar-refractivity contribution in [3.05, 3.63) is 23.8 Å². The maximum Gasteiger partial charge on any atom is 0.220 e. The Morgan fingerprint density at radius 1 is 1.38 bits per heavy atom. The number of rotatable bonds is 3. The summed E-state index contributed by atoms with van der Waals surface area (Å²) in [6.45, 7) is 0.907. The van der Waals surface area contributed by atoms with Gasteiger partial charge in [-0.2, -0.15) is 0 Å². The minimum Gasteiger partial charge on any atom is -0.504 e. The molecule has 0 unspecified atom stereocenters. The van der Waals surface area contributed by atoms with E-state index in [2.05, 4.69) is 4.90 Å². The highest BCUT2D eigenvalue weighted by Crippen LogP contribution is 2.25. The van der Waals surface area contributed by atoms with E-state index in [-0.39, 0.29) is 11.5 Å². The van der Waals surface area contributed by atoms with Crippen LogP contribution >= 0.6 is 0 Å². The van der Waals surface area contributed by atoms with E-state index in [1.54, 1.807) is 6.07 Å². The monoisotopic (exact) mass is 180 g/mol. The number of hydrogen-bond acceptors (Lipinski definition) is 2. The Kier molecular flexibility index (Phi) is 3.14. The van der Waals surface area contributed by atoms with Crippen LogP contribution in [-0.2, 0) is 11.5 Å². The Bertz CT molecular complexity index is 284. The topological polar surface area (TPSA) is 43.4 Å². The van der Waals surface area contributed by atoms with Crippen molar-refractivity contribution in [2.24, 2.45) is 0 Å². The van der Waals surface area contributed by atoms with Crippen LogP contribution in [0.1, 0.15) is 5.56 Å². The van der Waals surface area contributed by atoms with Crippen molar-refractivity contribution < 1.29 is 10.2 Å². The van der Waals surface area contributed by atoms with Crippen molar-refractivity contribution in [2.75, 3.05) is 20.6 Å². The average molecular weight is 180 g/mol. The van der Waals surface area contributed by atoms with Gasteiger partial charge in [0.25, 0.3) is 0 Å². The molecular formula is C10H14NO2. The smallest absolute Gasteiger partial charge is 0.220 e. The summed E-state index contributed by atoms with van der Waals surface area (Å²) in [5.41, 5.74) is 0.969. The van der Waals surface area contributed by atoms with Gasteiger partial charge < -0.3 is 10.0 Å². The van der Waals surface area contributed by atoms with E-state index in [1.165, 1.54) is 12.1 Å². The van der Waals surface area contributed by atoms with Crippen LogP contribution in [0.5, 0.6) is 11.5 Å². The third-order valence-corrected chi connectivity index (χ3v) is 1.87. The van der Waals surface area contributed by atoms with Gasteiger partial charge in [0.1, 0.15) is 0 Å². The molecule has 1 aromatic carbocycles. The Labute approximate surface area is 78.2 Å². The minimum atomic E-state index is -0.295. The summed E-state index contributed by atoms with van der Waals surface area (Å²) in [4.78, 5) is 2.05. The van der Waals surface area contributed by atoms with Gasteiger partial charge in [-0.25, -0.2) is 0 Å². The molecule has 0 saturated carbocycles. The van der Waals surface area contributed by atoms with Gasteiger partial charge in [-0.3, -0.25) is 5.11 Å². The van der Waals surface area contributed by atoms with Crippen molar-refractivity contribution in [3.63, 3.8) is 0 Å². The van der Waals surface area contributed by atoms with Gasteiger partial charge in [0.15, 0.2) is 5.75 Å². The molecule has 1 radical (unpaired) electrons. The first kappa shape index (κ1) is 9.86. The fraction of sp³-hybridized carbons (Fsp3) is 0.400. The van der Waals surface area contributed by atoms with Gasteiger partial charge in [-0.15, -0.1) is 0 Å². The molecule has 0 bridgehead atoms. The molecule has 3 nitrogen and oxygen atoms in total. The summed E-state index contributed by atoms with van der Waals surface area (Å²) in [5.74, 6) is -0.468. The van der Waals surface area contributed by atoms with Crippen LogP contribution in [0.15, 0.2) is 18.2 Å². The second-order valence-corrected chi connectivity index (χ2v) is 3.36. The number of hydrogen-bond donors (Lipinski definition) is 1. The van der Waals surface area contributed by atoms with Crippen LogP contribution in [-0.4, -0.2) is 30.6 Å². The summed E-state index contributed by atoms with van der Waals surface area (Å²) in [6, 6.07) is 4.71. The zero-order chi connectivity index (χ0) is 9.84. The Hall–Kier alpha value is -1.22. The molecule has 0 fully saturated rings. The fourth-order valence-corrected chi connectivity index (χ4v) is 1.07. The zero-order valence-electron chi connectivity index (χ0n) is 7.95. The number of aromatic hydroxyl groups is 1. The maximum absolute atomic E-state index is 11.0. The van der Waals surface area contributed by atoms with Crippen molar-refractivity contribution in [3.8, 4) is 11.5 Å². The first-order chi connectivity index (χ1) is 6.09. The highest BCUT2D eigenvalue weighted by Gasteiger charge is 2.02. The van der Waals surface area contributed by atoms with Crippen molar-refractivity contribution in [1.82, 2.24) is 4.90 Å². The molecule has 1 rings (SSSR count). The molecule has 0 spiro atoms. The number of phenols is 1. The first-order valence-corrected chi connectivity index (χ1v) is 4.23. The number of phenolic OH excluding ortho intramolecular Hbond substituents is 1. The largest absolute Gasteiger partial charge is 0.504 e. The molecule has 0 aliphatic rings. The summed E-state index contributed by atoms with van der Waals surface area (Å²) in [6.07, 6.45) is 0.836. The standard InChI is InChI=1S/C10H14NO2/c1-11(2)6-5-8-3-4-9(12)10(13)7-8/h3-4,7,12H,5-6H2,1-2H3. The van der Waals surface area contributed by atoms with Crippen molar-refractivity contribution in [1.29, 1.82) is 0 Å². The molecule has 0 aliphatic carbocycles. The van der Waals surface area contributed by atoms with Gasteiger partial charge in [0.2, 0.25) is 5.75 Å². The second kappa shape index (κ2) is 4.14. The molecule has 0 aromatic heterocycles. The van der Waals surface area contributed by atoms with E-state index in [0.717, 1.165) is 18.5 Å². The molecular weight excluding hydrogens is 166 g/mol. The Morgan fingerprint density at radius 2 is 2.08 bits per heavy atom. The molecule has 1 N–H and O–H groups in total. The fourth-order valence-electron chi connectivity index (χ4n) is 1.07. The molecule has 0 saturated heterocycles. The average Bonchev–Trinajstić information content (AvgIpc) is 2.07. The van der Waals surface area contributed by atoms with E-state index in [4.69, 9.17) is 5.11 Å². The maximum atomic E-state index is 11.0. The third kappa shape index (κ3) is 2.95. The molecule has 1 aromatic rings. The van der Waals surface area contributed by atoms with E-state index in [0.29, 0.717) is 0 Å². The predicted octanol–water partition coefficient (Wildman–Crippen LogP) is 1.64. The predicted molar refractivity (Wildman–Crippen MR) is 50.5 cm³/mol. The van der Waals surface area contributed by atoms with Gasteiger partial charge in [-0.05, 0) is 38.2 Å². The second-order valence-electron chi connectivity index (χ2n) is 3.36. The van der Waals surface area contributed by atoms with Crippen LogP contribution in [0.4, 0.5) is 0 Å². The van der Waals surface area contributed by atoms with E-state index < -0.39 is 0 Å². The van der Waals surface area contributed by atoms with E-state index in [1.807, 2.05) is 14.1 Å². The first-order valence-electron chi connectivity index (χ1n) is 4.23. The molecule has 3 heteroatoms. The lowest BCUT2D eigenvalue weighted by molar-refractivity contribution is 0.324. The Balaban J connectivity index is 2.63. The molecule has 0 heterocycles. The van der Waals surface area contributed by atoms with Crippen LogP contribution in [0.25, 0.3) is 0 Å². The van der Waals surface area contributed by atoms with Gasteiger partial charge in [0.05, 0.1) is 0 Å². The SMILES string of the molecule is CN(C)CCc1ccc(O)c([O])c1. The van der Waals surface area contributed by atoms with Gasteiger partial charge >= 0.3 is 0 Å². The summed E-state index contributed by atoms with van der Waals surface area (Å²) >= 11 is 0. The van der Waals surface area contributed by atoms with Crippen molar-refractivity contribution >= 4 is 0 Å². The highest BCUT2D eigenvalue weighted by atomic mass is 16.3.